The van der Waals surface area contributed by atoms with Crippen molar-refractivity contribution in [1.82, 2.24) is 10.2 Å². The number of nitrogens with zero attached hydrogens (tertiary/aromatic N) is 1. The third kappa shape index (κ3) is 4.60. The van der Waals surface area contributed by atoms with Crippen LogP contribution in [0.4, 0.5) is 4.79 Å². The van der Waals surface area contributed by atoms with Gasteiger partial charge in [-0.2, -0.15) is 0 Å². The van der Waals surface area contributed by atoms with Crippen LogP contribution in [0.15, 0.2) is 0 Å². The zero-order valence-electron chi connectivity index (χ0n) is 10.7. The lowest BCUT2D eigenvalue weighted by atomic mass is 9.88. The monoisotopic (exact) mass is 246 g/mol. The molecule has 0 aromatic rings. The maximum atomic E-state index is 11.7. The van der Waals surface area contributed by atoms with Crippen LogP contribution in [0.1, 0.15) is 27.2 Å². The van der Waals surface area contributed by atoms with Gasteiger partial charge in [0, 0.05) is 19.6 Å². The summed E-state index contributed by atoms with van der Waals surface area (Å²) in [5.41, 5.74) is -0.950. The molecule has 6 heteroatoms. The highest BCUT2D eigenvalue weighted by atomic mass is 16.4. The number of carboxylic acids is 1. The van der Waals surface area contributed by atoms with Gasteiger partial charge in [0.25, 0.3) is 0 Å². The van der Waals surface area contributed by atoms with Crippen molar-refractivity contribution in [2.75, 3.05) is 26.2 Å². The third-order valence-corrected chi connectivity index (χ3v) is 2.97. The van der Waals surface area contributed by atoms with Gasteiger partial charge >= 0.3 is 12.0 Å². The lowest BCUT2D eigenvalue weighted by Crippen LogP contribution is -2.47. The van der Waals surface area contributed by atoms with Crippen LogP contribution in [-0.2, 0) is 4.79 Å². The molecule has 6 nitrogen and oxygen atoms in total. The first-order valence-electron chi connectivity index (χ1n) is 5.78. The SMILES string of the molecule is CCN(CCO)C(=O)NCC(C)(CC)C(=O)O. The number of carboxylic acid groups (broad SMARTS) is 1. The summed E-state index contributed by atoms with van der Waals surface area (Å²) < 4.78 is 0. The van der Waals surface area contributed by atoms with Crippen molar-refractivity contribution < 1.29 is 19.8 Å². The minimum absolute atomic E-state index is 0.0829. The summed E-state index contributed by atoms with van der Waals surface area (Å²) in [4.78, 5) is 24.1. The molecule has 0 aromatic heterocycles. The normalized spacial score (nSPS) is 13.9. The average Bonchev–Trinajstić information content (AvgIpc) is 2.32. The van der Waals surface area contributed by atoms with Crippen molar-refractivity contribution in [2.24, 2.45) is 5.41 Å². The fraction of sp³-hybridized carbons (Fsp3) is 0.818. The number of nitrogens with one attached hydrogen (secondary N) is 1. The van der Waals surface area contributed by atoms with Crippen molar-refractivity contribution in [3.63, 3.8) is 0 Å². The Balaban J connectivity index is 4.35. The van der Waals surface area contributed by atoms with Crippen LogP contribution >= 0.6 is 0 Å². The largest absolute Gasteiger partial charge is 0.481 e. The second kappa shape index (κ2) is 7.11. The topological polar surface area (TPSA) is 89.9 Å². The number of aliphatic hydroxyl groups is 1. The molecule has 3 N–H and O–H groups in total. The number of carbonyl (C=O) groups excluding carboxylic acids is 1. The molecule has 100 valence electrons. The Bertz CT molecular complexity index is 270. The number of hydrogen-bond donors (Lipinski definition) is 3. The molecule has 0 heterocycles. The molecule has 0 rings (SSSR count). The van der Waals surface area contributed by atoms with Crippen molar-refractivity contribution in [2.45, 2.75) is 27.2 Å². The fourth-order valence-electron chi connectivity index (χ4n) is 1.26. The van der Waals surface area contributed by atoms with Crippen LogP contribution in [0, 0.1) is 5.41 Å². The number of rotatable bonds is 7. The van der Waals surface area contributed by atoms with Crippen LogP contribution in [0.25, 0.3) is 0 Å². The van der Waals surface area contributed by atoms with E-state index in [9.17, 15) is 9.59 Å². The molecule has 2 amide bonds. The van der Waals surface area contributed by atoms with E-state index in [0.717, 1.165) is 0 Å². The summed E-state index contributed by atoms with van der Waals surface area (Å²) in [6, 6.07) is -0.345. The molecule has 0 aromatic carbocycles. The maximum Gasteiger partial charge on any atom is 0.317 e. The molecule has 0 aliphatic rings. The third-order valence-electron chi connectivity index (χ3n) is 2.97. The summed E-state index contributed by atoms with van der Waals surface area (Å²) in [6.45, 7) is 5.86. The molecule has 17 heavy (non-hydrogen) atoms. The molecule has 1 unspecified atom stereocenters. The first-order chi connectivity index (χ1) is 7.91. The quantitative estimate of drug-likeness (QED) is 0.610. The van der Waals surface area contributed by atoms with Crippen molar-refractivity contribution >= 4 is 12.0 Å². The lowest BCUT2D eigenvalue weighted by Gasteiger charge is -2.26. The van der Waals surface area contributed by atoms with Gasteiger partial charge in [-0.25, -0.2) is 4.79 Å². The van der Waals surface area contributed by atoms with Gasteiger partial charge < -0.3 is 20.4 Å². The Morgan fingerprint density at radius 1 is 1.35 bits per heavy atom. The first kappa shape index (κ1) is 15.7. The minimum Gasteiger partial charge on any atom is -0.481 e. The Morgan fingerprint density at radius 3 is 2.29 bits per heavy atom. The number of likely N-dealkylation sites (N-methyl/N-ethyl adjacent to an activating group) is 1. The summed E-state index contributed by atoms with van der Waals surface area (Å²) in [5.74, 6) is -0.925. The Labute approximate surface area is 102 Å². The van der Waals surface area contributed by atoms with Gasteiger partial charge in [0.15, 0.2) is 0 Å². The molecule has 0 aliphatic heterocycles. The van der Waals surface area contributed by atoms with Crippen LogP contribution in [-0.4, -0.2) is 53.4 Å². The number of aliphatic carboxylic acids is 1. The van der Waals surface area contributed by atoms with Crippen LogP contribution < -0.4 is 5.32 Å². The van der Waals surface area contributed by atoms with E-state index >= 15 is 0 Å². The van der Waals surface area contributed by atoms with Crippen LogP contribution in [0.3, 0.4) is 0 Å². The van der Waals surface area contributed by atoms with E-state index < -0.39 is 11.4 Å². The van der Waals surface area contributed by atoms with Crippen molar-refractivity contribution in [3.05, 3.63) is 0 Å². The summed E-state index contributed by atoms with van der Waals surface area (Å²) in [5, 5.41) is 20.4. The molecule has 0 spiro atoms. The molecule has 1 atom stereocenters. The highest BCUT2D eigenvalue weighted by Gasteiger charge is 2.31. The van der Waals surface area contributed by atoms with E-state index in [4.69, 9.17) is 10.2 Å². The van der Waals surface area contributed by atoms with Gasteiger partial charge in [0.2, 0.25) is 0 Å². The molecule has 0 radical (unpaired) electrons. The molecule has 0 saturated heterocycles. The molecule has 0 bridgehead atoms. The summed E-state index contributed by atoms with van der Waals surface area (Å²) in [6.07, 6.45) is 0.439. The summed E-state index contributed by atoms with van der Waals surface area (Å²) in [7, 11) is 0. The van der Waals surface area contributed by atoms with Gasteiger partial charge in [0.05, 0.1) is 12.0 Å². The average molecular weight is 246 g/mol. The summed E-state index contributed by atoms with van der Waals surface area (Å²) >= 11 is 0. The molecule has 0 fully saturated rings. The Kier molecular flexibility index (Phi) is 6.57. The van der Waals surface area contributed by atoms with Gasteiger partial charge in [-0.15, -0.1) is 0 Å². The number of carbonyl (C=O) groups is 2. The van der Waals surface area contributed by atoms with Crippen LogP contribution in [0.5, 0.6) is 0 Å². The van der Waals surface area contributed by atoms with Crippen molar-refractivity contribution in [1.29, 1.82) is 0 Å². The number of amides is 2. The second-order valence-corrected chi connectivity index (χ2v) is 4.18. The fourth-order valence-corrected chi connectivity index (χ4v) is 1.26. The predicted octanol–water partition coefficient (Wildman–Crippen LogP) is 0.511. The highest BCUT2D eigenvalue weighted by Crippen LogP contribution is 2.19. The van der Waals surface area contributed by atoms with Crippen molar-refractivity contribution in [3.8, 4) is 0 Å². The number of hydrogen-bond acceptors (Lipinski definition) is 3. The Hall–Kier alpha value is -1.30. The smallest absolute Gasteiger partial charge is 0.317 e. The highest BCUT2D eigenvalue weighted by molar-refractivity contribution is 5.77. The van der Waals surface area contributed by atoms with Gasteiger partial charge in [-0.05, 0) is 20.3 Å². The lowest BCUT2D eigenvalue weighted by molar-refractivity contribution is -0.147. The Morgan fingerprint density at radius 2 is 1.94 bits per heavy atom. The van der Waals surface area contributed by atoms with Gasteiger partial charge in [-0.1, -0.05) is 6.92 Å². The molecule has 0 aliphatic carbocycles. The van der Waals surface area contributed by atoms with E-state index in [1.54, 1.807) is 20.8 Å². The van der Waals surface area contributed by atoms with E-state index in [2.05, 4.69) is 5.32 Å². The maximum absolute atomic E-state index is 11.7. The van der Waals surface area contributed by atoms with E-state index in [0.29, 0.717) is 13.0 Å². The van der Waals surface area contributed by atoms with Crippen LogP contribution in [0.2, 0.25) is 0 Å². The zero-order chi connectivity index (χ0) is 13.5. The second-order valence-electron chi connectivity index (χ2n) is 4.18. The van der Waals surface area contributed by atoms with E-state index in [1.165, 1.54) is 4.90 Å². The first-order valence-corrected chi connectivity index (χ1v) is 5.78. The minimum atomic E-state index is -0.950. The predicted molar refractivity (Wildman–Crippen MR) is 63.8 cm³/mol. The number of aliphatic hydroxyl groups excluding tert-OH is 1. The zero-order valence-corrected chi connectivity index (χ0v) is 10.7. The van der Waals surface area contributed by atoms with Gasteiger partial charge in [0.1, 0.15) is 0 Å². The standard InChI is InChI=1S/C11H22N2O4/c1-4-11(3,9(15)16)8-12-10(17)13(5-2)6-7-14/h14H,4-8H2,1-3H3,(H,12,17)(H,15,16). The molecule has 0 saturated carbocycles. The van der Waals surface area contributed by atoms with Gasteiger partial charge in [-0.3, -0.25) is 4.79 Å². The molecular weight excluding hydrogens is 224 g/mol. The molecular formula is C11H22N2O4. The number of urea groups is 1. The van der Waals surface area contributed by atoms with E-state index in [1.807, 2.05) is 0 Å². The van der Waals surface area contributed by atoms with E-state index in [-0.39, 0.29) is 25.7 Å².